The van der Waals surface area contributed by atoms with Crippen LogP contribution in [0.3, 0.4) is 0 Å². The first kappa shape index (κ1) is 15.6. The van der Waals surface area contributed by atoms with E-state index < -0.39 is 10.0 Å². The summed E-state index contributed by atoms with van der Waals surface area (Å²) in [5, 5.41) is 9.73. The number of phenolic OH excluding ortho intramolecular Hbond substituents is 1. The number of aryl methyl sites for hydroxylation is 1. The second kappa shape index (κ2) is 5.91. The highest BCUT2D eigenvalue weighted by Gasteiger charge is 2.27. The van der Waals surface area contributed by atoms with Gasteiger partial charge in [0.25, 0.3) is 10.0 Å². The molecular formula is C14H15ClN2O3S. The molecule has 0 amide bonds. The number of aromatic nitrogens is 1. The Morgan fingerprint density at radius 1 is 1.33 bits per heavy atom. The number of halogens is 1. The van der Waals surface area contributed by atoms with Crippen LogP contribution in [0.5, 0.6) is 5.75 Å². The zero-order valence-electron chi connectivity index (χ0n) is 11.6. The Morgan fingerprint density at radius 3 is 2.67 bits per heavy atom. The number of phenols is 1. The highest BCUT2D eigenvalue weighted by molar-refractivity contribution is 7.93. The van der Waals surface area contributed by atoms with Crippen molar-refractivity contribution in [1.29, 1.82) is 0 Å². The lowest BCUT2D eigenvalue weighted by atomic mass is 10.2. The number of sulfonamides is 1. The Morgan fingerprint density at radius 2 is 2.05 bits per heavy atom. The molecule has 2 aromatic rings. The summed E-state index contributed by atoms with van der Waals surface area (Å²) in [7, 11) is -3.85. The Kier molecular flexibility index (Phi) is 4.39. The Labute approximate surface area is 128 Å². The Hall–Kier alpha value is -1.79. The second-order valence-corrected chi connectivity index (χ2v) is 6.68. The minimum atomic E-state index is -3.85. The number of hydrogen-bond donors (Lipinski definition) is 1. The van der Waals surface area contributed by atoms with Crippen molar-refractivity contribution in [3.05, 3.63) is 47.2 Å². The van der Waals surface area contributed by atoms with E-state index in [0.29, 0.717) is 5.69 Å². The number of aromatic hydroxyl groups is 1. The summed E-state index contributed by atoms with van der Waals surface area (Å²) in [4.78, 5) is 3.76. The second-order valence-electron chi connectivity index (χ2n) is 4.45. The van der Waals surface area contributed by atoms with Crippen molar-refractivity contribution in [2.75, 3.05) is 10.8 Å². The van der Waals surface area contributed by atoms with Crippen LogP contribution in [0.4, 0.5) is 5.69 Å². The van der Waals surface area contributed by atoms with Crippen LogP contribution in [-0.2, 0) is 10.0 Å². The fourth-order valence-electron chi connectivity index (χ4n) is 2.01. The highest BCUT2D eigenvalue weighted by Crippen LogP contribution is 2.31. The Balaban J connectivity index is 2.60. The van der Waals surface area contributed by atoms with Crippen molar-refractivity contribution < 1.29 is 13.5 Å². The first-order valence-electron chi connectivity index (χ1n) is 6.29. The number of anilines is 1. The van der Waals surface area contributed by atoms with E-state index in [9.17, 15) is 13.5 Å². The fourth-order valence-corrected chi connectivity index (χ4v) is 3.95. The number of pyridine rings is 1. The molecule has 112 valence electrons. The summed E-state index contributed by atoms with van der Waals surface area (Å²) in [5.41, 5.74) is 1.15. The normalized spacial score (nSPS) is 11.4. The summed E-state index contributed by atoms with van der Waals surface area (Å²) >= 11 is 5.97. The lowest BCUT2D eigenvalue weighted by Crippen LogP contribution is -2.31. The van der Waals surface area contributed by atoms with E-state index in [4.69, 9.17) is 11.6 Å². The van der Waals surface area contributed by atoms with Crippen LogP contribution in [0.1, 0.15) is 12.5 Å². The summed E-state index contributed by atoms with van der Waals surface area (Å²) in [6, 6.07) is 6.02. The standard InChI is InChI=1S/C14H15ClN2O3S/c1-3-17(13-8-11(18)5-4-10(13)2)21(19,20)14-9-16-7-6-12(14)15/h4-9,18H,3H2,1-2H3. The van der Waals surface area contributed by atoms with Gasteiger partial charge in [0.15, 0.2) is 0 Å². The summed E-state index contributed by atoms with van der Waals surface area (Å²) in [6.07, 6.45) is 2.65. The average molecular weight is 327 g/mol. The topological polar surface area (TPSA) is 70.5 Å². The van der Waals surface area contributed by atoms with Crippen molar-refractivity contribution in [1.82, 2.24) is 4.98 Å². The van der Waals surface area contributed by atoms with E-state index in [1.54, 1.807) is 19.9 Å². The molecule has 0 saturated heterocycles. The third-order valence-corrected chi connectivity index (χ3v) is 5.41. The van der Waals surface area contributed by atoms with E-state index >= 15 is 0 Å². The maximum atomic E-state index is 12.8. The molecule has 0 aliphatic carbocycles. The molecule has 0 radical (unpaired) electrons. The molecule has 0 unspecified atom stereocenters. The molecular weight excluding hydrogens is 312 g/mol. The van der Waals surface area contributed by atoms with Gasteiger partial charge >= 0.3 is 0 Å². The molecule has 1 aromatic carbocycles. The van der Waals surface area contributed by atoms with E-state index in [1.807, 2.05) is 0 Å². The minimum absolute atomic E-state index is 0.00142. The molecule has 1 aromatic heterocycles. The number of rotatable bonds is 4. The average Bonchev–Trinajstić information content (AvgIpc) is 2.43. The molecule has 1 N–H and O–H groups in total. The molecule has 5 nitrogen and oxygen atoms in total. The fraction of sp³-hybridized carbons (Fsp3) is 0.214. The van der Waals surface area contributed by atoms with Gasteiger partial charge in [-0.3, -0.25) is 9.29 Å². The maximum absolute atomic E-state index is 12.8. The third-order valence-electron chi connectivity index (χ3n) is 3.05. The third kappa shape index (κ3) is 2.96. The van der Waals surface area contributed by atoms with Crippen LogP contribution in [0.2, 0.25) is 5.02 Å². The van der Waals surface area contributed by atoms with E-state index in [-0.39, 0.29) is 22.2 Å². The summed E-state index contributed by atoms with van der Waals surface area (Å²) in [6.45, 7) is 3.70. The Bertz CT molecular complexity index is 763. The van der Waals surface area contributed by atoms with Gasteiger partial charge in [0.05, 0.1) is 10.7 Å². The predicted molar refractivity (Wildman–Crippen MR) is 82.3 cm³/mol. The number of nitrogens with zero attached hydrogens (tertiary/aromatic N) is 2. The van der Waals surface area contributed by atoms with Crippen LogP contribution < -0.4 is 4.31 Å². The highest BCUT2D eigenvalue weighted by atomic mass is 35.5. The first-order valence-corrected chi connectivity index (χ1v) is 8.11. The molecule has 7 heteroatoms. The van der Waals surface area contributed by atoms with E-state index in [1.165, 1.54) is 34.9 Å². The molecule has 2 rings (SSSR count). The van der Waals surface area contributed by atoms with Crippen molar-refractivity contribution in [3.63, 3.8) is 0 Å². The summed E-state index contributed by atoms with van der Waals surface area (Å²) in [5.74, 6) is 0.00142. The van der Waals surface area contributed by atoms with Gasteiger partial charge < -0.3 is 5.11 Å². The monoisotopic (exact) mass is 326 g/mol. The molecule has 0 saturated carbocycles. The lowest BCUT2D eigenvalue weighted by Gasteiger charge is -2.25. The van der Waals surface area contributed by atoms with E-state index in [0.717, 1.165) is 5.56 Å². The van der Waals surface area contributed by atoms with Crippen molar-refractivity contribution >= 4 is 27.3 Å². The summed E-state index contributed by atoms with van der Waals surface area (Å²) < 4.78 is 26.7. The molecule has 1 heterocycles. The van der Waals surface area contributed by atoms with Crippen molar-refractivity contribution in [2.24, 2.45) is 0 Å². The van der Waals surface area contributed by atoms with Crippen LogP contribution in [-0.4, -0.2) is 25.1 Å². The zero-order valence-corrected chi connectivity index (χ0v) is 13.2. The lowest BCUT2D eigenvalue weighted by molar-refractivity contribution is 0.475. The van der Waals surface area contributed by atoms with Crippen molar-refractivity contribution in [2.45, 2.75) is 18.7 Å². The van der Waals surface area contributed by atoms with Gasteiger partial charge in [-0.2, -0.15) is 0 Å². The van der Waals surface area contributed by atoms with Gasteiger partial charge in [-0.05, 0) is 31.5 Å². The quantitative estimate of drug-likeness (QED) is 0.937. The molecule has 21 heavy (non-hydrogen) atoms. The van der Waals surface area contributed by atoms with Gasteiger partial charge in [0, 0.05) is 25.0 Å². The van der Waals surface area contributed by atoms with Gasteiger partial charge in [0.2, 0.25) is 0 Å². The molecule has 0 aliphatic heterocycles. The van der Waals surface area contributed by atoms with Crippen LogP contribution >= 0.6 is 11.6 Å². The van der Waals surface area contributed by atoms with Crippen LogP contribution in [0.25, 0.3) is 0 Å². The molecule has 0 spiro atoms. The maximum Gasteiger partial charge on any atom is 0.267 e. The number of hydrogen-bond acceptors (Lipinski definition) is 4. The van der Waals surface area contributed by atoms with Crippen molar-refractivity contribution in [3.8, 4) is 5.75 Å². The smallest absolute Gasteiger partial charge is 0.267 e. The van der Waals surface area contributed by atoms with Crippen LogP contribution in [0, 0.1) is 6.92 Å². The number of benzene rings is 1. The first-order chi connectivity index (χ1) is 9.87. The minimum Gasteiger partial charge on any atom is -0.508 e. The molecule has 0 aliphatic rings. The molecule has 0 atom stereocenters. The van der Waals surface area contributed by atoms with Gasteiger partial charge in [-0.1, -0.05) is 17.7 Å². The van der Waals surface area contributed by atoms with Gasteiger partial charge in [-0.15, -0.1) is 0 Å². The van der Waals surface area contributed by atoms with Crippen LogP contribution in [0.15, 0.2) is 41.6 Å². The molecule has 0 fully saturated rings. The predicted octanol–water partition coefficient (Wildman–Crippen LogP) is 2.96. The molecule has 0 bridgehead atoms. The largest absolute Gasteiger partial charge is 0.508 e. The SMILES string of the molecule is CCN(c1cc(O)ccc1C)S(=O)(=O)c1cnccc1Cl. The van der Waals surface area contributed by atoms with E-state index in [2.05, 4.69) is 4.98 Å². The van der Waals surface area contributed by atoms with Gasteiger partial charge in [-0.25, -0.2) is 8.42 Å². The van der Waals surface area contributed by atoms with Gasteiger partial charge in [0.1, 0.15) is 10.6 Å². The zero-order chi connectivity index (χ0) is 15.6.